The summed E-state index contributed by atoms with van der Waals surface area (Å²) in [6, 6.07) is 19.9. The molecule has 0 radical (unpaired) electrons. The van der Waals surface area contributed by atoms with E-state index in [1.165, 1.54) is 0 Å². The van der Waals surface area contributed by atoms with Gasteiger partial charge in [-0.1, -0.05) is 60.7 Å². The fourth-order valence-electron chi connectivity index (χ4n) is 2.79. The quantitative estimate of drug-likeness (QED) is 0.397. The van der Waals surface area contributed by atoms with Gasteiger partial charge in [-0.3, -0.25) is 9.08 Å². The van der Waals surface area contributed by atoms with E-state index in [0.29, 0.717) is 13.1 Å². The Labute approximate surface area is 167 Å². The van der Waals surface area contributed by atoms with E-state index in [9.17, 15) is 12.8 Å². The molecule has 2 aromatic carbocycles. The highest BCUT2D eigenvalue weighted by Crippen LogP contribution is 2.14. The molecule has 0 saturated heterocycles. The monoisotopic (exact) mass is 409 g/mol. The van der Waals surface area contributed by atoms with Gasteiger partial charge >= 0.3 is 0 Å². The third kappa shape index (κ3) is 8.93. The third-order valence-electron chi connectivity index (χ3n) is 4.20. The van der Waals surface area contributed by atoms with E-state index in [1.54, 1.807) is 6.92 Å². The van der Waals surface area contributed by atoms with Crippen LogP contribution in [0.3, 0.4) is 0 Å². The molecule has 0 aliphatic carbocycles. The summed E-state index contributed by atoms with van der Waals surface area (Å²) < 4.78 is 46.7. The summed E-state index contributed by atoms with van der Waals surface area (Å²) in [4.78, 5) is 2.04. The van der Waals surface area contributed by atoms with Gasteiger partial charge in [0.1, 0.15) is 6.17 Å². The number of alkyl halides is 1. The van der Waals surface area contributed by atoms with Crippen molar-refractivity contribution < 1.29 is 21.7 Å². The zero-order valence-corrected chi connectivity index (χ0v) is 17.1. The Morgan fingerprint density at radius 3 is 1.89 bits per heavy atom. The Kier molecular flexibility index (Phi) is 9.05. The molecule has 0 amide bonds. The van der Waals surface area contributed by atoms with Crippen LogP contribution in [0.15, 0.2) is 60.7 Å². The van der Waals surface area contributed by atoms with Crippen LogP contribution in [0.1, 0.15) is 18.1 Å². The van der Waals surface area contributed by atoms with Gasteiger partial charge in [-0.15, -0.1) is 0 Å². The van der Waals surface area contributed by atoms with Crippen molar-refractivity contribution in [3.63, 3.8) is 0 Å². The maximum Gasteiger partial charge on any atom is 0.264 e. The van der Waals surface area contributed by atoms with Crippen LogP contribution in [-0.4, -0.2) is 51.6 Å². The normalized spacial score (nSPS) is 14.1. The van der Waals surface area contributed by atoms with Gasteiger partial charge in [0.15, 0.2) is 0 Å². The number of rotatable bonds is 12. The van der Waals surface area contributed by atoms with E-state index < -0.39 is 22.4 Å². The summed E-state index contributed by atoms with van der Waals surface area (Å²) in [5.41, 5.74) is 2.22. The van der Waals surface area contributed by atoms with Gasteiger partial charge in [-0.25, -0.2) is 4.39 Å². The summed E-state index contributed by atoms with van der Waals surface area (Å²) >= 11 is 0. The number of halogens is 1. The van der Waals surface area contributed by atoms with Gasteiger partial charge < -0.3 is 4.74 Å². The number of nitrogens with zero attached hydrogens (tertiary/aromatic N) is 1. The van der Waals surface area contributed by atoms with Crippen LogP contribution in [0.4, 0.5) is 4.39 Å². The van der Waals surface area contributed by atoms with Gasteiger partial charge in [0.05, 0.1) is 25.6 Å². The molecule has 0 aliphatic heterocycles. The number of benzene rings is 2. The Bertz CT molecular complexity index is 745. The molecule has 7 heteroatoms. The van der Waals surface area contributed by atoms with Crippen molar-refractivity contribution in [3.05, 3.63) is 71.8 Å². The first-order valence-corrected chi connectivity index (χ1v) is 11.1. The molecule has 0 aliphatic rings. The molecule has 0 aromatic heterocycles. The molecule has 0 bridgehead atoms. The maximum absolute atomic E-state index is 14.8. The fraction of sp³-hybridized carbons (Fsp3) is 0.429. The van der Waals surface area contributed by atoms with Gasteiger partial charge in [0, 0.05) is 19.6 Å². The topological polar surface area (TPSA) is 55.8 Å². The molecule has 28 heavy (non-hydrogen) atoms. The average molecular weight is 410 g/mol. The van der Waals surface area contributed by atoms with Crippen molar-refractivity contribution in [1.82, 2.24) is 4.90 Å². The molecule has 0 N–H and O–H groups in total. The third-order valence-corrected chi connectivity index (χ3v) is 4.80. The standard InChI is InChI=1S/C21H28FNO4S/c1-18(26-13-14-27-28(2,24)25)21(22)17-23(15-19-9-5-3-6-10-19)16-20-11-7-4-8-12-20/h3-12,18,21H,13-17H2,1-2H3. The lowest BCUT2D eigenvalue weighted by Gasteiger charge is -2.27. The lowest BCUT2D eigenvalue weighted by atomic mass is 10.1. The Morgan fingerprint density at radius 1 is 0.929 bits per heavy atom. The molecule has 2 atom stereocenters. The molecule has 2 aromatic rings. The van der Waals surface area contributed by atoms with Crippen LogP contribution in [0.25, 0.3) is 0 Å². The van der Waals surface area contributed by atoms with Crippen molar-refractivity contribution in [2.24, 2.45) is 0 Å². The lowest BCUT2D eigenvalue weighted by Crippen LogP contribution is -2.36. The highest BCUT2D eigenvalue weighted by molar-refractivity contribution is 7.85. The van der Waals surface area contributed by atoms with Crippen molar-refractivity contribution in [2.75, 3.05) is 26.0 Å². The highest BCUT2D eigenvalue weighted by Gasteiger charge is 2.21. The van der Waals surface area contributed by atoms with Crippen molar-refractivity contribution in [1.29, 1.82) is 0 Å². The summed E-state index contributed by atoms with van der Waals surface area (Å²) in [7, 11) is -3.51. The maximum atomic E-state index is 14.8. The van der Waals surface area contributed by atoms with Crippen molar-refractivity contribution in [2.45, 2.75) is 32.3 Å². The van der Waals surface area contributed by atoms with Crippen molar-refractivity contribution in [3.8, 4) is 0 Å². The molecular formula is C21H28FNO4S. The first kappa shape index (κ1) is 22.5. The minimum Gasteiger partial charge on any atom is -0.373 e. The second-order valence-electron chi connectivity index (χ2n) is 6.76. The molecule has 2 unspecified atom stereocenters. The highest BCUT2D eigenvalue weighted by atomic mass is 32.2. The first-order chi connectivity index (χ1) is 13.3. The Hall–Kier alpha value is -1.80. The summed E-state index contributed by atoms with van der Waals surface area (Å²) in [5, 5.41) is 0. The smallest absolute Gasteiger partial charge is 0.264 e. The predicted molar refractivity (Wildman–Crippen MR) is 108 cm³/mol. The number of ether oxygens (including phenoxy) is 1. The van der Waals surface area contributed by atoms with Crippen LogP contribution in [-0.2, 0) is 32.1 Å². The number of hydrogen-bond donors (Lipinski definition) is 0. The van der Waals surface area contributed by atoms with Gasteiger partial charge in [-0.05, 0) is 18.1 Å². The van der Waals surface area contributed by atoms with Crippen molar-refractivity contribution >= 4 is 10.1 Å². The van der Waals surface area contributed by atoms with Crippen LogP contribution < -0.4 is 0 Å². The van der Waals surface area contributed by atoms with Gasteiger partial charge in [-0.2, -0.15) is 8.42 Å². The molecule has 0 saturated carbocycles. The van der Waals surface area contributed by atoms with Crippen LogP contribution in [0, 0.1) is 0 Å². The molecule has 0 fully saturated rings. The van der Waals surface area contributed by atoms with E-state index in [-0.39, 0.29) is 19.8 Å². The Balaban J connectivity index is 1.92. The molecule has 2 rings (SSSR count). The van der Waals surface area contributed by atoms with Gasteiger partial charge in [0.25, 0.3) is 10.1 Å². The summed E-state index contributed by atoms with van der Waals surface area (Å²) in [6.45, 7) is 3.01. The fourth-order valence-corrected chi connectivity index (χ4v) is 3.16. The molecule has 154 valence electrons. The molecular weight excluding hydrogens is 381 g/mol. The van der Waals surface area contributed by atoms with Gasteiger partial charge in [0.2, 0.25) is 0 Å². The van der Waals surface area contributed by atoms with E-state index in [0.717, 1.165) is 17.4 Å². The second kappa shape index (κ2) is 11.3. The minimum absolute atomic E-state index is 0.0199. The number of hydrogen-bond acceptors (Lipinski definition) is 5. The zero-order chi connectivity index (χ0) is 20.4. The predicted octanol–water partition coefficient (Wildman–Crippen LogP) is 3.41. The van der Waals surface area contributed by atoms with Crippen LogP contribution >= 0.6 is 0 Å². The summed E-state index contributed by atoms with van der Waals surface area (Å²) in [5.74, 6) is 0. The van der Waals surface area contributed by atoms with Crippen LogP contribution in [0.5, 0.6) is 0 Å². The largest absolute Gasteiger partial charge is 0.373 e. The van der Waals surface area contributed by atoms with Crippen LogP contribution in [0.2, 0.25) is 0 Å². The zero-order valence-electron chi connectivity index (χ0n) is 16.3. The lowest BCUT2D eigenvalue weighted by molar-refractivity contribution is -0.0144. The minimum atomic E-state index is -3.51. The summed E-state index contributed by atoms with van der Waals surface area (Å²) in [6.07, 6.45) is -0.915. The molecule has 0 heterocycles. The first-order valence-electron chi connectivity index (χ1n) is 9.24. The second-order valence-corrected chi connectivity index (χ2v) is 8.40. The van der Waals surface area contributed by atoms with E-state index in [1.807, 2.05) is 65.6 Å². The van der Waals surface area contributed by atoms with E-state index in [4.69, 9.17) is 4.74 Å². The molecule has 5 nitrogen and oxygen atoms in total. The van der Waals surface area contributed by atoms with E-state index >= 15 is 0 Å². The average Bonchev–Trinajstić information content (AvgIpc) is 2.66. The molecule has 0 spiro atoms. The SMILES string of the molecule is CC(OCCOS(C)(=O)=O)C(F)CN(Cc1ccccc1)Cc1ccccc1. The van der Waals surface area contributed by atoms with E-state index in [2.05, 4.69) is 4.18 Å². The Morgan fingerprint density at radius 2 is 1.43 bits per heavy atom.